The van der Waals surface area contributed by atoms with Crippen molar-refractivity contribution in [2.75, 3.05) is 51.5 Å². The number of nitrogens with zero attached hydrogens (tertiary/aromatic N) is 3. The summed E-state index contributed by atoms with van der Waals surface area (Å²) in [5.74, 6) is 1.61. The second kappa shape index (κ2) is 12.3. The van der Waals surface area contributed by atoms with Crippen molar-refractivity contribution >= 4 is 45.6 Å². The van der Waals surface area contributed by atoms with Crippen molar-refractivity contribution in [2.24, 2.45) is 5.41 Å². The molecular weight excluding hydrogens is 492 g/mol. The standard InChI is InChI=1S/C27H36N4O3S2/c1-30(2)24-19-28-23-9-8-20(34-3)18-22(23)21(24)6-4-10-27(26(32)29-33)11-13-31(14-12-27)15-17-36-25-7-5-16-35-25/h5,7-9,16,18-19,33H,4,6,10-15,17H2,1-3H3,(H,29,32). The molecule has 1 aliphatic heterocycles. The number of methoxy groups -OCH3 is 1. The van der Waals surface area contributed by atoms with Crippen LogP contribution in [0, 0.1) is 5.41 Å². The minimum absolute atomic E-state index is 0.246. The highest BCUT2D eigenvalue weighted by molar-refractivity contribution is 8.01. The SMILES string of the molecule is COc1ccc2ncc(N(C)C)c(CCCC3(C(=O)NO)CCN(CCSc4cccs4)CC3)c2c1. The quantitative estimate of drug-likeness (QED) is 0.204. The molecule has 1 aromatic carbocycles. The molecule has 0 unspecified atom stereocenters. The molecule has 1 aliphatic rings. The lowest BCUT2D eigenvalue weighted by molar-refractivity contribution is -0.143. The smallest absolute Gasteiger partial charge is 0.249 e. The summed E-state index contributed by atoms with van der Waals surface area (Å²) in [6.45, 7) is 2.75. The van der Waals surface area contributed by atoms with Gasteiger partial charge in [0, 0.05) is 31.8 Å². The number of nitrogens with one attached hydrogen (secondary N) is 1. The Morgan fingerprint density at radius 1 is 1.31 bits per heavy atom. The Morgan fingerprint density at radius 3 is 2.78 bits per heavy atom. The topological polar surface area (TPSA) is 77.9 Å². The Labute approximate surface area is 221 Å². The molecule has 36 heavy (non-hydrogen) atoms. The number of ether oxygens (including phenoxy) is 1. The third-order valence-electron chi connectivity index (χ3n) is 7.27. The van der Waals surface area contributed by atoms with E-state index in [2.05, 4.69) is 32.3 Å². The van der Waals surface area contributed by atoms with E-state index in [1.807, 2.05) is 55.7 Å². The van der Waals surface area contributed by atoms with Gasteiger partial charge in [-0.2, -0.15) is 0 Å². The molecule has 2 aromatic heterocycles. The molecule has 4 rings (SSSR count). The number of hydroxylamine groups is 1. The first-order chi connectivity index (χ1) is 17.5. The molecule has 0 spiro atoms. The van der Waals surface area contributed by atoms with Gasteiger partial charge in [-0.25, -0.2) is 5.48 Å². The maximum absolute atomic E-state index is 12.9. The Hall–Kier alpha value is -2.33. The van der Waals surface area contributed by atoms with Gasteiger partial charge in [-0.15, -0.1) is 23.1 Å². The number of hydrogen-bond donors (Lipinski definition) is 2. The minimum Gasteiger partial charge on any atom is -0.497 e. The normalized spacial score (nSPS) is 15.7. The van der Waals surface area contributed by atoms with Crippen LogP contribution in [0.1, 0.15) is 31.2 Å². The van der Waals surface area contributed by atoms with E-state index in [-0.39, 0.29) is 5.91 Å². The summed E-state index contributed by atoms with van der Waals surface area (Å²) in [5, 5.41) is 12.7. The number of fused-ring (bicyclic) bond motifs is 1. The molecule has 0 aliphatic carbocycles. The first kappa shape index (κ1) is 26.7. The minimum atomic E-state index is -0.537. The van der Waals surface area contributed by atoms with Gasteiger partial charge in [0.15, 0.2) is 0 Å². The lowest BCUT2D eigenvalue weighted by Gasteiger charge is -2.40. The van der Waals surface area contributed by atoms with Crippen molar-refractivity contribution in [1.29, 1.82) is 0 Å². The molecule has 1 saturated heterocycles. The van der Waals surface area contributed by atoms with Gasteiger partial charge in [0.05, 0.1) is 34.1 Å². The zero-order valence-corrected chi connectivity index (χ0v) is 23.0. The number of carbonyl (C=O) groups excluding carboxylic acids is 1. The van der Waals surface area contributed by atoms with Gasteiger partial charge in [-0.1, -0.05) is 6.07 Å². The summed E-state index contributed by atoms with van der Waals surface area (Å²) < 4.78 is 6.82. The lowest BCUT2D eigenvalue weighted by Crippen LogP contribution is -2.48. The maximum atomic E-state index is 12.9. The van der Waals surface area contributed by atoms with E-state index in [1.54, 1.807) is 18.4 Å². The highest BCUT2D eigenvalue weighted by Gasteiger charge is 2.40. The number of anilines is 1. The highest BCUT2D eigenvalue weighted by atomic mass is 32.2. The van der Waals surface area contributed by atoms with Crippen LogP contribution in [-0.2, 0) is 11.2 Å². The molecule has 3 heterocycles. The zero-order chi connectivity index (χ0) is 25.5. The molecule has 1 amide bonds. The van der Waals surface area contributed by atoms with E-state index in [4.69, 9.17) is 4.74 Å². The monoisotopic (exact) mass is 528 g/mol. The molecule has 2 N–H and O–H groups in total. The average Bonchev–Trinajstić information content (AvgIpc) is 3.42. The van der Waals surface area contributed by atoms with Gasteiger partial charge < -0.3 is 14.5 Å². The Morgan fingerprint density at radius 2 is 2.11 bits per heavy atom. The van der Waals surface area contributed by atoms with Crippen molar-refractivity contribution in [1.82, 2.24) is 15.4 Å². The summed E-state index contributed by atoms with van der Waals surface area (Å²) in [5.41, 5.74) is 4.67. The van der Waals surface area contributed by atoms with Gasteiger partial charge in [0.25, 0.3) is 0 Å². The van der Waals surface area contributed by atoms with Gasteiger partial charge >= 0.3 is 0 Å². The van der Waals surface area contributed by atoms with E-state index in [0.717, 1.165) is 79.8 Å². The van der Waals surface area contributed by atoms with Gasteiger partial charge in [-0.3, -0.25) is 15.0 Å². The Kier molecular flexibility index (Phi) is 9.11. The number of thiophene rings is 1. The number of benzene rings is 1. The summed E-state index contributed by atoms with van der Waals surface area (Å²) in [6, 6.07) is 10.2. The van der Waals surface area contributed by atoms with Crippen LogP contribution in [0.25, 0.3) is 10.9 Å². The van der Waals surface area contributed by atoms with Crippen LogP contribution >= 0.6 is 23.1 Å². The predicted molar refractivity (Wildman–Crippen MR) is 149 cm³/mol. The van der Waals surface area contributed by atoms with Crippen molar-refractivity contribution in [3.8, 4) is 5.75 Å². The van der Waals surface area contributed by atoms with Crippen LogP contribution in [-0.4, -0.2) is 67.6 Å². The number of aromatic nitrogens is 1. The number of likely N-dealkylation sites (tertiary alicyclic amines) is 1. The molecule has 0 bridgehead atoms. The number of carbonyl (C=O) groups is 1. The molecule has 7 nitrogen and oxygen atoms in total. The van der Waals surface area contributed by atoms with Crippen molar-refractivity contribution in [3.63, 3.8) is 0 Å². The third kappa shape index (κ3) is 6.14. The van der Waals surface area contributed by atoms with Gasteiger partial charge in [0.1, 0.15) is 5.75 Å². The molecule has 0 radical (unpaired) electrons. The number of thioether (sulfide) groups is 1. The fraction of sp³-hybridized carbons (Fsp3) is 0.481. The summed E-state index contributed by atoms with van der Waals surface area (Å²) in [7, 11) is 5.73. The van der Waals surface area contributed by atoms with E-state index in [9.17, 15) is 10.0 Å². The fourth-order valence-electron chi connectivity index (χ4n) is 5.13. The number of hydrogen-bond acceptors (Lipinski definition) is 8. The Balaban J connectivity index is 1.42. The van der Waals surface area contributed by atoms with E-state index < -0.39 is 5.41 Å². The van der Waals surface area contributed by atoms with Crippen LogP contribution in [0.15, 0.2) is 46.1 Å². The molecule has 194 valence electrons. The number of piperidine rings is 1. The third-order valence-corrected chi connectivity index (χ3v) is 9.38. The van der Waals surface area contributed by atoms with Gasteiger partial charge in [-0.05, 0) is 80.4 Å². The summed E-state index contributed by atoms with van der Waals surface area (Å²) in [6.07, 6.45) is 5.84. The second-order valence-corrected chi connectivity index (χ2v) is 11.9. The van der Waals surface area contributed by atoms with E-state index in [0.29, 0.717) is 0 Å². The first-order valence-electron chi connectivity index (χ1n) is 12.4. The number of pyridine rings is 1. The zero-order valence-electron chi connectivity index (χ0n) is 21.3. The first-order valence-corrected chi connectivity index (χ1v) is 14.3. The van der Waals surface area contributed by atoms with Gasteiger partial charge in [0.2, 0.25) is 5.91 Å². The van der Waals surface area contributed by atoms with Crippen LogP contribution in [0.5, 0.6) is 5.75 Å². The molecule has 0 saturated carbocycles. The van der Waals surface area contributed by atoms with Crippen molar-refractivity contribution in [2.45, 2.75) is 36.3 Å². The second-order valence-electron chi connectivity index (χ2n) is 9.60. The van der Waals surface area contributed by atoms with Crippen molar-refractivity contribution in [3.05, 3.63) is 47.5 Å². The van der Waals surface area contributed by atoms with Crippen LogP contribution < -0.4 is 15.1 Å². The Bertz CT molecular complexity index is 1150. The molecule has 0 atom stereocenters. The van der Waals surface area contributed by atoms with Crippen LogP contribution in [0.3, 0.4) is 0 Å². The average molecular weight is 529 g/mol. The number of amides is 1. The molecular formula is C27H36N4O3S2. The van der Waals surface area contributed by atoms with Crippen LogP contribution in [0.2, 0.25) is 0 Å². The summed E-state index contributed by atoms with van der Waals surface area (Å²) >= 11 is 3.67. The van der Waals surface area contributed by atoms with E-state index >= 15 is 0 Å². The van der Waals surface area contributed by atoms with E-state index in [1.165, 1.54) is 9.77 Å². The number of aryl methyl sites for hydroxylation is 1. The molecule has 9 heteroatoms. The van der Waals surface area contributed by atoms with Crippen molar-refractivity contribution < 1.29 is 14.7 Å². The number of rotatable bonds is 11. The molecule has 1 fully saturated rings. The summed E-state index contributed by atoms with van der Waals surface area (Å²) in [4.78, 5) is 22.0. The maximum Gasteiger partial charge on any atom is 0.249 e. The highest BCUT2D eigenvalue weighted by Crippen LogP contribution is 2.38. The predicted octanol–water partition coefficient (Wildman–Crippen LogP) is 5.07. The van der Waals surface area contributed by atoms with Crippen LogP contribution in [0.4, 0.5) is 5.69 Å². The largest absolute Gasteiger partial charge is 0.497 e. The lowest BCUT2D eigenvalue weighted by atomic mass is 9.73. The fourth-order valence-corrected chi connectivity index (χ4v) is 6.99. The molecule has 3 aromatic rings.